The Labute approximate surface area is 118 Å². The Bertz CT molecular complexity index is 568. The summed E-state index contributed by atoms with van der Waals surface area (Å²) >= 11 is 3.34. The van der Waals surface area contributed by atoms with Gasteiger partial charge in [0, 0.05) is 10.0 Å². The van der Waals surface area contributed by atoms with E-state index < -0.39 is 17.9 Å². The van der Waals surface area contributed by atoms with Crippen molar-refractivity contribution in [2.24, 2.45) is 0 Å². The van der Waals surface area contributed by atoms with Crippen LogP contribution in [0.2, 0.25) is 0 Å². The van der Waals surface area contributed by atoms with Gasteiger partial charge in [-0.25, -0.2) is 0 Å². The molecule has 2 N–H and O–H groups in total. The molecule has 6 heteroatoms. The molecule has 2 rings (SSSR count). The van der Waals surface area contributed by atoms with Crippen molar-refractivity contribution >= 4 is 33.9 Å². The molecule has 1 aliphatic heterocycles. The highest BCUT2D eigenvalue weighted by Gasteiger charge is 2.20. The fourth-order valence-electron chi connectivity index (χ4n) is 1.63. The lowest BCUT2D eigenvalue weighted by Gasteiger charge is -2.18. The van der Waals surface area contributed by atoms with Crippen LogP contribution < -0.4 is 10.1 Å². The van der Waals surface area contributed by atoms with E-state index in [9.17, 15) is 9.59 Å². The van der Waals surface area contributed by atoms with Crippen LogP contribution in [0.25, 0.3) is 6.08 Å². The maximum atomic E-state index is 11.9. The third-order valence-electron chi connectivity index (χ3n) is 2.69. The fraction of sp³-hybridized carbons (Fsp3) is 0.231. The van der Waals surface area contributed by atoms with Gasteiger partial charge in [-0.05, 0) is 31.2 Å². The van der Waals surface area contributed by atoms with Crippen LogP contribution in [-0.2, 0) is 9.59 Å². The Balaban J connectivity index is 2.18. The molecular weight excluding hydrogens is 314 g/mol. The molecule has 19 heavy (non-hydrogen) atoms. The summed E-state index contributed by atoms with van der Waals surface area (Å²) in [5.74, 6) is -0.805. The first-order valence-electron chi connectivity index (χ1n) is 5.64. The van der Waals surface area contributed by atoms with Crippen molar-refractivity contribution in [2.45, 2.75) is 13.0 Å². The van der Waals surface area contributed by atoms with Crippen LogP contribution in [0, 0.1) is 0 Å². The normalized spacial score (nSPS) is 14.7. The highest BCUT2D eigenvalue weighted by molar-refractivity contribution is 9.10. The van der Waals surface area contributed by atoms with E-state index in [2.05, 4.69) is 21.2 Å². The average molecular weight is 326 g/mol. The van der Waals surface area contributed by atoms with Gasteiger partial charge in [-0.3, -0.25) is 9.59 Å². The maximum Gasteiger partial charge on any atom is 0.325 e. The molecule has 1 heterocycles. The van der Waals surface area contributed by atoms with Crippen LogP contribution in [0.5, 0.6) is 5.75 Å². The number of ether oxygens (including phenoxy) is 1. The quantitative estimate of drug-likeness (QED) is 0.888. The van der Waals surface area contributed by atoms with Gasteiger partial charge < -0.3 is 15.2 Å². The summed E-state index contributed by atoms with van der Waals surface area (Å²) in [6.07, 6.45) is 1.70. The Kier molecular flexibility index (Phi) is 3.90. The van der Waals surface area contributed by atoms with Crippen molar-refractivity contribution in [3.05, 3.63) is 33.8 Å². The van der Waals surface area contributed by atoms with Crippen molar-refractivity contribution < 1.29 is 19.4 Å². The van der Waals surface area contributed by atoms with Crippen LogP contribution in [-0.4, -0.2) is 29.6 Å². The molecule has 1 amide bonds. The maximum absolute atomic E-state index is 11.9. The SMILES string of the molecule is C[C@H](NC(=O)C1=Cc2cc(Br)ccc2OC1)C(=O)O. The Hall–Kier alpha value is -1.82. The van der Waals surface area contributed by atoms with Crippen LogP contribution in [0.1, 0.15) is 12.5 Å². The van der Waals surface area contributed by atoms with E-state index in [1.807, 2.05) is 18.2 Å². The average Bonchev–Trinajstić information content (AvgIpc) is 2.37. The molecule has 1 aliphatic rings. The molecule has 0 saturated carbocycles. The zero-order valence-electron chi connectivity index (χ0n) is 10.1. The zero-order valence-corrected chi connectivity index (χ0v) is 11.7. The number of carboxylic acid groups (broad SMARTS) is 1. The lowest BCUT2D eigenvalue weighted by Crippen LogP contribution is -2.40. The van der Waals surface area contributed by atoms with Crippen molar-refractivity contribution in [2.75, 3.05) is 6.61 Å². The molecule has 1 aromatic carbocycles. The number of carbonyl (C=O) groups excluding carboxylic acids is 1. The number of nitrogens with one attached hydrogen (secondary N) is 1. The molecule has 1 atom stereocenters. The Morgan fingerprint density at radius 1 is 1.47 bits per heavy atom. The number of aliphatic carboxylic acids is 1. The lowest BCUT2D eigenvalue weighted by molar-refractivity contribution is -0.140. The van der Waals surface area contributed by atoms with Crippen molar-refractivity contribution in [3.63, 3.8) is 0 Å². The predicted octanol–water partition coefficient (Wildman–Crippen LogP) is 1.81. The summed E-state index contributed by atoms with van der Waals surface area (Å²) < 4.78 is 6.34. The summed E-state index contributed by atoms with van der Waals surface area (Å²) in [5, 5.41) is 11.1. The van der Waals surface area contributed by atoms with Crippen molar-refractivity contribution in [1.82, 2.24) is 5.32 Å². The van der Waals surface area contributed by atoms with Crippen LogP contribution in [0.3, 0.4) is 0 Å². The van der Waals surface area contributed by atoms with Gasteiger partial charge in [0.15, 0.2) is 0 Å². The lowest BCUT2D eigenvalue weighted by atomic mass is 10.1. The van der Waals surface area contributed by atoms with E-state index >= 15 is 0 Å². The molecule has 0 unspecified atom stereocenters. The van der Waals surface area contributed by atoms with E-state index in [4.69, 9.17) is 9.84 Å². The number of hydrogen-bond donors (Lipinski definition) is 2. The van der Waals surface area contributed by atoms with Gasteiger partial charge in [0.2, 0.25) is 0 Å². The van der Waals surface area contributed by atoms with E-state index in [0.29, 0.717) is 11.3 Å². The summed E-state index contributed by atoms with van der Waals surface area (Å²) in [6.45, 7) is 1.54. The van der Waals surface area contributed by atoms with Gasteiger partial charge in [0.05, 0.1) is 5.57 Å². The van der Waals surface area contributed by atoms with Crippen molar-refractivity contribution in [1.29, 1.82) is 0 Å². The van der Waals surface area contributed by atoms with Gasteiger partial charge in [0.25, 0.3) is 5.91 Å². The fourth-order valence-corrected chi connectivity index (χ4v) is 2.01. The van der Waals surface area contributed by atoms with Crippen molar-refractivity contribution in [3.8, 4) is 5.75 Å². The summed E-state index contributed by atoms with van der Waals surface area (Å²) in [4.78, 5) is 22.6. The van der Waals surface area contributed by atoms with Crippen LogP contribution >= 0.6 is 15.9 Å². The summed E-state index contributed by atoms with van der Waals surface area (Å²) in [6, 6.07) is 4.56. The van der Waals surface area contributed by atoms with E-state index in [0.717, 1.165) is 10.0 Å². The Morgan fingerprint density at radius 3 is 2.89 bits per heavy atom. The van der Waals surface area contributed by atoms with Crippen LogP contribution in [0.4, 0.5) is 0 Å². The second kappa shape index (κ2) is 5.44. The highest BCUT2D eigenvalue weighted by atomic mass is 79.9. The number of amides is 1. The summed E-state index contributed by atoms with van der Waals surface area (Å²) in [7, 11) is 0. The monoisotopic (exact) mass is 325 g/mol. The number of fused-ring (bicyclic) bond motifs is 1. The number of rotatable bonds is 3. The van der Waals surface area contributed by atoms with Gasteiger partial charge in [-0.2, -0.15) is 0 Å². The number of carbonyl (C=O) groups is 2. The number of halogens is 1. The van der Waals surface area contributed by atoms with E-state index in [1.165, 1.54) is 6.92 Å². The largest absolute Gasteiger partial charge is 0.488 e. The molecule has 100 valence electrons. The second-order valence-electron chi connectivity index (χ2n) is 4.17. The minimum atomic E-state index is -1.08. The molecule has 0 saturated heterocycles. The standard InChI is InChI=1S/C13H12BrNO4/c1-7(13(17)18)15-12(16)9-4-8-5-10(14)2-3-11(8)19-6-9/h2-5,7H,6H2,1H3,(H,15,16)(H,17,18)/t7-/m0/s1. The van der Waals surface area contributed by atoms with E-state index in [1.54, 1.807) is 6.08 Å². The minimum absolute atomic E-state index is 0.132. The van der Waals surface area contributed by atoms with Crippen LogP contribution in [0.15, 0.2) is 28.2 Å². The van der Waals surface area contributed by atoms with Gasteiger partial charge in [-0.1, -0.05) is 15.9 Å². The molecule has 0 bridgehead atoms. The molecule has 0 spiro atoms. The molecule has 5 nitrogen and oxygen atoms in total. The first-order chi connectivity index (χ1) is 8.97. The second-order valence-corrected chi connectivity index (χ2v) is 5.09. The van der Waals surface area contributed by atoms with E-state index in [-0.39, 0.29) is 6.61 Å². The topological polar surface area (TPSA) is 75.6 Å². The predicted molar refractivity (Wildman–Crippen MR) is 72.9 cm³/mol. The highest BCUT2D eigenvalue weighted by Crippen LogP contribution is 2.29. The Morgan fingerprint density at radius 2 is 2.21 bits per heavy atom. The number of carboxylic acids is 1. The minimum Gasteiger partial charge on any atom is -0.488 e. The number of benzene rings is 1. The molecule has 0 fully saturated rings. The summed E-state index contributed by atoms with van der Waals surface area (Å²) in [5.41, 5.74) is 1.19. The van der Waals surface area contributed by atoms with Gasteiger partial charge in [0.1, 0.15) is 18.4 Å². The first kappa shape index (κ1) is 13.6. The third kappa shape index (κ3) is 3.14. The smallest absolute Gasteiger partial charge is 0.325 e. The molecule has 0 aromatic heterocycles. The molecule has 0 radical (unpaired) electrons. The van der Waals surface area contributed by atoms with Gasteiger partial charge >= 0.3 is 5.97 Å². The van der Waals surface area contributed by atoms with Gasteiger partial charge in [-0.15, -0.1) is 0 Å². The zero-order chi connectivity index (χ0) is 14.0. The molecule has 1 aromatic rings. The molecule has 0 aliphatic carbocycles. The first-order valence-corrected chi connectivity index (χ1v) is 6.43. The third-order valence-corrected chi connectivity index (χ3v) is 3.19. The number of hydrogen-bond acceptors (Lipinski definition) is 3. The molecular formula is C13H12BrNO4.